The van der Waals surface area contributed by atoms with Crippen LogP contribution in [0.1, 0.15) is 72.8 Å². The van der Waals surface area contributed by atoms with E-state index in [9.17, 15) is 88.2 Å². The summed E-state index contributed by atoms with van der Waals surface area (Å²) < 4.78 is 0. The van der Waals surface area contributed by atoms with Crippen LogP contribution in [-0.4, -0.2) is 219 Å². The highest BCUT2D eigenvalue weighted by atomic mass is 16.4. The Bertz CT molecular complexity index is 2260. The van der Waals surface area contributed by atoms with Crippen LogP contribution in [0.5, 0.6) is 0 Å². The van der Waals surface area contributed by atoms with E-state index in [1.54, 1.807) is 44.2 Å². The number of nitrogens with one attached hydrogen (secondary N) is 9. The first-order chi connectivity index (χ1) is 36.9. The first kappa shape index (κ1) is 69.6. The number of likely N-dealkylation sites (N-methyl/N-ethyl adjacent to an activating group) is 1. The number of benzene rings is 1. The van der Waals surface area contributed by atoms with E-state index >= 15 is 0 Å². The van der Waals surface area contributed by atoms with E-state index in [0.717, 1.165) is 25.7 Å². The van der Waals surface area contributed by atoms with Crippen LogP contribution >= 0.6 is 0 Å². The van der Waals surface area contributed by atoms with Crippen LogP contribution in [0.15, 0.2) is 30.3 Å². The minimum Gasteiger partial charge on any atom is -0.480 e. The van der Waals surface area contributed by atoms with Gasteiger partial charge in [-0.3, -0.25) is 57.5 Å². The Morgan fingerprint density at radius 1 is 0.532 bits per heavy atom. The summed E-state index contributed by atoms with van der Waals surface area (Å²) in [5, 5.41) is 81.5. The number of aliphatic hydroxyl groups excluding tert-OH is 5. The maximum atomic E-state index is 14.0. The minimum atomic E-state index is -1.99. The lowest BCUT2D eigenvalue weighted by atomic mass is 9.98. The highest BCUT2D eigenvalue weighted by Gasteiger charge is 2.40. The van der Waals surface area contributed by atoms with Crippen molar-refractivity contribution in [3.05, 3.63) is 35.9 Å². The average Bonchev–Trinajstić information content (AvgIpc) is 3.37. The summed E-state index contributed by atoms with van der Waals surface area (Å²) in [5.41, 5.74) is 16.6. The van der Waals surface area contributed by atoms with Gasteiger partial charge in [-0.05, 0) is 65.0 Å². The molecule has 0 heterocycles. The van der Waals surface area contributed by atoms with E-state index in [1.807, 2.05) is 0 Å². The van der Waals surface area contributed by atoms with E-state index in [1.165, 1.54) is 14.0 Å². The van der Waals surface area contributed by atoms with Gasteiger partial charge in [0.05, 0.1) is 44.5 Å². The molecule has 0 spiro atoms. The molecule has 0 aliphatic carbocycles. The molecule has 0 bridgehead atoms. The maximum absolute atomic E-state index is 14.0. The number of aliphatic hydroxyl groups is 5. The molecule has 0 aromatic heterocycles. The highest BCUT2D eigenvalue weighted by Crippen LogP contribution is 2.15. The third-order valence-electron chi connectivity index (χ3n) is 11.9. The number of hydrogen-bond acceptors (Lipinski definition) is 19. The monoisotopic (exact) mass is 1130 g/mol. The molecule has 1 rings (SSSR count). The Hall–Kier alpha value is -7.42. The van der Waals surface area contributed by atoms with Gasteiger partial charge in [0.1, 0.15) is 60.4 Å². The maximum Gasteiger partial charge on any atom is 0.325 e. The van der Waals surface area contributed by atoms with Gasteiger partial charge in [-0.2, -0.15) is 0 Å². The molecule has 0 aliphatic rings. The first-order valence-electron chi connectivity index (χ1n) is 25.2. The van der Waals surface area contributed by atoms with Crippen LogP contribution in [0.3, 0.4) is 0 Å². The fourth-order valence-electron chi connectivity index (χ4n) is 7.54. The van der Waals surface area contributed by atoms with Crippen LogP contribution < -0.4 is 65.1 Å². The molecule has 31 heteroatoms. The number of amides is 11. The molecular weight excluding hydrogens is 1050 g/mol. The third-order valence-corrected chi connectivity index (χ3v) is 11.9. The zero-order valence-corrected chi connectivity index (χ0v) is 45.1. The zero-order valence-electron chi connectivity index (χ0n) is 45.1. The smallest absolute Gasteiger partial charge is 0.325 e. The van der Waals surface area contributed by atoms with Gasteiger partial charge in [-0.15, -0.1) is 0 Å². The molecule has 0 aliphatic heterocycles. The zero-order chi connectivity index (χ0) is 60.4. The summed E-state index contributed by atoms with van der Waals surface area (Å²) in [6.45, 7) is 5.05. The summed E-state index contributed by atoms with van der Waals surface area (Å²) in [4.78, 5) is 159. The number of nitrogens with zero attached hydrogens (tertiary/aromatic N) is 1. The molecular formula is C48H79N13O18. The number of primary amides is 1. The molecule has 13 atom stereocenters. The first-order valence-corrected chi connectivity index (χ1v) is 25.2. The largest absolute Gasteiger partial charge is 0.480 e. The van der Waals surface area contributed by atoms with Crippen LogP contribution in [0, 0.1) is 5.92 Å². The number of carboxylic acid groups (broad SMARTS) is 1. The van der Waals surface area contributed by atoms with Gasteiger partial charge in [-0.25, -0.2) is 0 Å². The van der Waals surface area contributed by atoms with Crippen molar-refractivity contribution in [1.29, 1.82) is 0 Å². The Balaban J connectivity index is 3.40. The van der Waals surface area contributed by atoms with Crippen molar-refractivity contribution >= 4 is 70.9 Å². The number of rotatable bonds is 35. The normalized spacial score (nSPS) is 16.1. The van der Waals surface area contributed by atoms with Crippen LogP contribution in [-0.2, 0) is 64.0 Å². The third kappa shape index (κ3) is 23.2. The molecule has 1 aromatic carbocycles. The number of nitrogens with two attached hydrogens (primary N) is 3. The van der Waals surface area contributed by atoms with E-state index in [4.69, 9.17) is 17.2 Å². The SMILES string of the molecule is CC(C)[C@@H](C(=O)N[C@@H](CCCCN)C(=O)N[C@@H](C)C(=O)O)N(C)C(=O)[C@@H](NC(=O)[C@@H](NC(=O)[C@H](CO)NC(=O)[C@@H](NC(=O)[C@H](Cc1ccccc1)NC(=O)[C@H](CC(N)=O)NC(=O)[C@H](CO)NC(=O)CN)[C@@H](C)O)[C@@H](C)O)[C@@H](C)O. The standard InChI is InChI=1S/C48H79N13O18/c1-22(2)38(46(76)54-28(15-11-12-16-49)39(69)52-23(3)48(78)79)61(7)47(77)37(26(6)66)60-45(75)36(25(5)65)59-43(73)32(21-63)57-44(74)35(24(4)64)58-41(71)29(17-27-13-9-8-10-14-27)55-40(70)30(18-33(51)67)56-42(72)31(20-62)53-34(68)19-50/h8-10,13-14,22-26,28-32,35-38,62-66H,11-12,15-21,49-50H2,1-7H3,(H2,51,67)(H,52,69)(H,53,68)(H,54,76)(H,55,70)(H,56,72)(H,57,74)(H,58,71)(H,59,73)(H,60,75)(H,78,79)/t23-,24+,25+,26+,28-,29-,30-,31-,32-,35-,36-,37-,38-/m0/s1. The molecule has 0 radical (unpaired) electrons. The average molecular weight is 1130 g/mol. The topological polar surface area (TPSA) is 516 Å². The van der Waals surface area contributed by atoms with Gasteiger partial charge < -0.3 is 101 Å². The van der Waals surface area contributed by atoms with Crippen molar-refractivity contribution in [2.75, 3.05) is 33.4 Å². The van der Waals surface area contributed by atoms with Crippen molar-refractivity contribution in [2.45, 2.75) is 152 Å². The lowest BCUT2D eigenvalue weighted by molar-refractivity contribution is -0.147. The van der Waals surface area contributed by atoms with Gasteiger partial charge in [0, 0.05) is 13.5 Å². The fourth-order valence-corrected chi connectivity index (χ4v) is 7.54. The Kier molecular flexibility index (Phi) is 30.4. The molecule has 0 unspecified atom stereocenters. The Morgan fingerprint density at radius 2 is 0.962 bits per heavy atom. The van der Waals surface area contributed by atoms with Crippen molar-refractivity contribution < 1.29 is 88.2 Å². The summed E-state index contributed by atoms with van der Waals surface area (Å²) >= 11 is 0. The molecule has 0 saturated carbocycles. The number of aliphatic carboxylic acids is 1. The van der Waals surface area contributed by atoms with Crippen molar-refractivity contribution in [3.63, 3.8) is 0 Å². The Morgan fingerprint density at radius 3 is 1.43 bits per heavy atom. The van der Waals surface area contributed by atoms with E-state index in [0.29, 0.717) is 18.4 Å². The molecule has 1 aromatic rings. The summed E-state index contributed by atoms with van der Waals surface area (Å²) in [5.74, 6) is -14.2. The lowest BCUT2D eigenvalue weighted by Gasteiger charge is -2.35. The van der Waals surface area contributed by atoms with Gasteiger partial charge in [0.25, 0.3) is 0 Å². The van der Waals surface area contributed by atoms with Crippen LogP contribution in [0.4, 0.5) is 0 Å². The van der Waals surface area contributed by atoms with Crippen LogP contribution in [0.2, 0.25) is 0 Å². The second kappa shape index (κ2) is 34.5. The molecule has 79 heavy (non-hydrogen) atoms. The molecule has 21 N–H and O–H groups in total. The van der Waals surface area contributed by atoms with Crippen molar-refractivity contribution in [1.82, 2.24) is 52.8 Å². The minimum absolute atomic E-state index is 0.0425. The van der Waals surface area contributed by atoms with Gasteiger partial charge in [0.15, 0.2) is 0 Å². The van der Waals surface area contributed by atoms with Gasteiger partial charge in [0.2, 0.25) is 65.0 Å². The molecule has 0 saturated heterocycles. The van der Waals surface area contributed by atoms with E-state index in [2.05, 4.69) is 47.9 Å². The second-order valence-corrected chi connectivity index (χ2v) is 19.0. The predicted octanol–water partition coefficient (Wildman–Crippen LogP) is -8.73. The number of carbonyl (C=O) groups excluding carboxylic acids is 11. The van der Waals surface area contributed by atoms with Gasteiger partial charge >= 0.3 is 5.97 Å². The summed E-state index contributed by atoms with van der Waals surface area (Å²) in [6, 6.07) is -8.95. The quantitative estimate of drug-likeness (QED) is 0.0281. The number of carbonyl (C=O) groups is 12. The molecule has 31 nitrogen and oxygen atoms in total. The van der Waals surface area contributed by atoms with Crippen molar-refractivity contribution in [2.24, 2.45) is 23.1 Å². The molecule has 11 amide bonds. The number of unbranched alkanes of at least 4 members (excludes halogenated alkanes) is 1. The fraction of sp³-hybridized carbons (Fsp3) is 0.625. The Labute approximate surface area is 455 Å². The number of hydrogen-bond donors (Lipinski definition) is 18. The summed E-state index contributed by atoms with van der Waals surface area (Å²) in [7, 11) is 1.17. The number of carboxylic acids is 1. The van der Waals surface area contributed by atoms with E-state index < -0.39 is 182 Å². The summed E-state index contributed by atoms with van der Waals surface area (Å²) in [6.07, 6.45) is -5.59. The van der Waals surface area contributed by atoms with Crippen LogP contribution in [0.25, 0.3) is 0 Å². The van der Waals surface area contributed by atoms with Crippen molar-refractivity contribution in [3.8, 4) is 0 Å². The van der Waals surface area contributed by atoms with Gasteiger partial charge in [-0.1, -0.05) is 44.2 Å². The second-order valence-electron chi connectivity index (χ2n) is 19.0. The predicted molar refractivity (Wildman–Crippen MR) is 277 cm³/mol. The lowest BCUT2D eigenvalue weighted by Crippen LogP contribution is -2.64. The highest BCUT2D eigenvalue weighted by molar-refractivity contribution is 6.00. The van der Waals surface area contributed by atoms with E-state index in [-0.39, 0.29) is 19.4 Å². The molecule has 0 fully saturated rings. The molecule has 444 valence electrons.